The van der Waals surface area contributed by atoms with E-state index in [1.54, 1.807) is 11.3 Å². The predicted octanol–water partition coefficient (Wildman–Crippen LogP) is 2.94. The standard InChI is InChI=1S/C17H28N6S.HI/c1-3-15-6-4-5-8-22(15)9-7-19-16(18-2)20-12-14-13-23-10-11-24-17(23)21-14;/h10-11,13,15H,3-9,12H2,1-2H3,(H2,18,19,20);1H. The molecular weight excluding hydrogens is 447 g/mol. The number of likely N-dealkylation sites (tertiary alicyclic amines) is 1. The molecule has 2 N–H and O–H groups in total. The number of hydrogen-bond acceptors (Lipinski definition) is 4. The second-order valence-corrected chi connectivity index (χ2v) is 7.14. The van der Waals surface area contributed by atoms with Crippen LogP contribution in [0.15, 0.2) is 22.8 Å². The van der Waals surface area contributed by atoms with Crippen molar-refractivity contribution in [2.24, 2.45) is 4.99 Å². The number of thiazole rings is 1. The van der Waals surface area contributed by atoms with Crippen LogP contribution < -0.4 is 10.6 Å². The minimum Gasteiger partial charge on any atom is -0.355 e. The Labute approximate surface area is 171 Å². The van der Waals surface area contributed by atoms with E-state index in [9.17, 15) is 0 Å². The number of hydrogen-bond donors (Lipinski definition) is 2. The number of nitrogens with zero attached hydrogens (tertiary/aromatic N) is 4. The highest BCUT2D eigenvalue weighted by Gasteiger charge is 2.19. The van der Waals surface area contributed by atoms with Crippen LogP contribution in [-0.4, -0.2) is 53.0 Å². The predicted molar refractivity (Wildman–Crippen MR) is 116 cm³/mol. The zero-order valence-corrected chi connectivity index (χ0v) is 18.2. The topological polar surface area (TPSA) is 57.0 Å². The summed E-state index contributed by atoms with van der Waals surface area (Å²) in [6.07, 6.45) is 9.41. The Bertz CT molecular complexity index is 638. The van der Waals surface area contributed by atoms with Crippen molar-refractivity contribution in [3.05, 3.63) is 23.5 Å². The number of aromatic nitrogens is 2. The maximum Gasteiger partial charge on any atom is 0.193 e. The molecule has 0 radical (unpaired) electrons. The molecule has 1 unspecified atom stereocenters. The molecule has 6 nitrogen and oxygen atoms in total. The second kappa shape index (κ2) is 10.3. The van der Waals surface area contributed by atoms with Crippen LogP contribution in [0.1, 0.15) is 38.3 Å². The van der Waals surface area contributed by atoms with E-state index in [4.69, 9.17) is 0 Å². The maximum atomic E-state index is 4.58. The van der Waals surface area contributed by atoms with Gasteiger partial charge in [0.2, 0.25) is 0 Å². The summed E-state index contributed by atoms with van der Waals surface area (Å²) in [6, 6.07) is 0.758. The number of nitrogens with one attached hydrogen (secondary N) is 2. The molecule has 1 atom stereocenters. The van der Waals surface area contributed by atoms with Gasteiger partial charge in [-0.3, -0.25) is 14.3 Å². The number of guanidine groups is 1. The van der Waals surface area contributed by atoms with Crippen molar-refractivity contribution >= 4 is 46.2 Å². The van der Waals surface area contributed by atoms with Gasteiger partial charge in [-0.15, -0.1) is 35.3 Å². The minimum absolute atomic E-state index is 0. The Hall–Kier alpha value is -0.870. The zero-order valence-electron chi connectivity index (χ0n) is 15.1. The van der Waals surface area contributed by atoms with Crippen molar-refractivity contribution in [2.75, 3.05) is 26.7 Å². The maximum absolute atomic E-state index is 4.58. The lowest BCUT2D eigenvalue weighted by molar-refractivity contribution is 0.147. The first kappa shape index (κ1) is 20.4. The summed E-state index contributed by atoms with van der Waals surface area (Å²) < 4.78 is 2.05. The van der Waals surface area contributed by atoms with Gasteiger partial charge in [-0.1, -0.05) is 13.3 Å². The van der Waals surface area contributed by atoms with Crippen molar-refractivity contribution in [3.63, 3.8) is 0 Å². The highest BCUT2D eigenvalue weighted by molar-refractivity contribution is 14.0. The van der Waals surface area contributed by atoms with Crippen LogP contribution in [0.5, 0.6) is 0 Å². The number of piperidine rings is 1. The molecule has 3 heterocycles. The van der Waals surface area contributed by atoms with Gasteiger partial charge in [0.05, 0.1) is 12.2 Å². The molecule has 0 bridgehead atoms. The third kappa shape index (κ3) is 5.55. The lowest BCUT2D eigenvalue weighted by atomic mass is 10.0. The molecule has 140 valence electrons. The first-order valence-corrected chi connectivity index (χ1v) is 9.77. The van der Waals surface area contributed by atoms with Gasteiger partial charge < -0.3 is 10.6 Å². The van der Waals surface area contributed by atoms with E-state index in [-0.39, 0.29) is 24.0 Å². The zero-order chi connectivity index (χ0) is 16.8. The van der Waals surface area contributed by atoms with E-state index in [0.29, 0.717) is 6.54 Å². The normalized spacial score (nSPS) is 19.0. The molecule has 0 aliphatic carbocycles. The smallest absolute Gasteiger partial charge is 0.193 e. The summed E-state index contributed by atoms with van der Waals surface area (Å²) in [5, 5.41) is 8.82. The number of rotatable bonds is 6. The second-order valence-electron chi connectivity index (χ2n) is 6.27. The first-order valence-electron chi connectivity index (χ1n) is 8.89. The fourth-order valence-electron chi connectivity index (χ4n) is 3.39. The molecule has 1 fully saturated rings. The Balaban J connectivity index is 0.00000225. The fourth-order valence-corrected chi connectivity index (χ4v) is 4.11. The summed E-state index contributed by atoms with van der Waals surface area (Å²) in [7, 11) is 1.82. The molecule has 3 rings (SSSR count). The summed E-state index contributed by atoms with van der Waals surface area (Å²) in [5.41, 5.74) is 1.03. The minimum atomic E-state index is 0. The van der Waals surface area contributed by atoms with E-state index in [2.05, 4.69) is 43.0 Å². The van der Waals surface area contributed by atoms with Crippen molar-refractivity contribution in [3.8, 4) is 0 Å². The number of aliphatic imine (C=N–C) groups is 1. The average molecular weight is 476 g/mol. The van der Waals surface area contributed by atoms with Gasteiger partial charge >= 0.3 is 0 Å². The van der Waals surface area contributed by atoms with Gasteiger partial charge in [-0.05, 0) is 25.8 Å². The van der Waals surface area contributed by atoms with Gasteiger partial charge in [0.25, 0.3) is 0 Å². The molecule has 2 aromatic heterocycles. The Morgan fingerprint density at radius 2 is 2.28 bits per heavy atom. The third-order valence-corrected chi connectivity index (χ3v) is 5.49. The van der Waals surface area contributed by atoms with Crippen LogP contribution in [0.2, 0.25) is 0 Å². The van der Waals surface area contributed by atoms with Gasteiger partial charge in [0, 0.05) is 44.0 Å². The van der Waals surface area contributed by atoms with Crippen LogP contribution in [0.4, 0.5) is 0 Å². The number of fused-ring (bicyclic) bond motifs is 1. The Morgan fingerprint density at radius 3 is 3.04 bits per heavy atom. The molecular formula is C17H29IN6S. The molecule has 1 saturated heterocycles. The number of imidazole rings is 1. The van der Waals surface area contributed by atoms with E-state index in [1.165, 1.54) is 32.2 Å². The van der Waals surface area contributed by atoms with Crippen molar-refractivity contribution < 1.29 is 0 Å². The van der Waals surface area contributed by atoms with Gasteiger partial charge in [-0.2, -0.15) is 0 Å². The van der Waals surface area contributed by atoms with Crippen LogP contribution in [0.3, 0.4) is 0 Å². The Kier molecular flexibility index (Phi) is 8.44. The van der Waals surface area contributed by atoms with Crippen molar-refractivity contribution in [2.45, 2.75) is 45.2 Å². The van der Waals surface area contributed by atoms with E-state index in [0.717, 1.165) is 35.7 Å². The van der Waals surface area contributed by atoms with Crippen molar-refractivity contribution in [1.29, 1.82) is 0 Å². The molecule has 0 saturated carbocycles. The quantitative estimate of drug-likeness (QED) is 0.383. The monoisotopic (exact) mass is 476 g/mol. The van der Waals surface area contributed by atoms with Crippen LogP contribution >= 0.6 is 35.3 Å². The molecule has 25 heavy (non-hydrogen) atoms. The number of halogens is 1. The van der Waals surface area contributed by atoms with Crippen molar-refractivity contribution in [1.82, 2.24) is 24.9 Å². The van der Waals surface area contributed by atoms with Crippen LogP contribution in [0, 0.1) is 0 Å². The molecule has 2 aromatic rings. The lowest BCUT2D eigenvalue weighted by Crippen LogP contribution is -2.45. The first-order chi connectivity index (χ1) is 11.8. The van der Waals surface area contributed by atoms with Crippen LogP contribution in [-0.2, 0) is 6.54 Å². The van der Waals surface area contributed by atoms with E-state index in [1.807, 2.05) is 18.6 Å². The highest BCUT2D eigenvalue weighted by Crippen LogP contribution is 2.18. The molecule has 8 heteroatoms. The van der Waals surface area contributed by atoms with Crippen LogP contribution in [0.25, 0.3) is 4.96 Å². The fraction of sp³-hybridized carbons (Fsp3) is 0.647. The largest absolute Gasteiger partial charge is 0.355 e. The molecule has 0 spiro atoms. The molecule has 1 aliphatic rings. The summed E-state index contributed by atoms with van der Waals surface area (Å²) >= 11 is 1.65. The van der Waals surface area contributed by atoms with E-state index < -0.39 is 0 Å². The molecule has 0 amide bonds. The summed E-state index contributed by atoms with van der Waals surface area (Å²) in [6.45, 7) is 6.23. The average Bonchev–Trinajstić information content (AvgIpc) is 3.19. The summed E-state index contributed by atoms with van der Waals surface area (Å²) in [4.78, 5) is 12.5. The van der Waals surface area contributed by atoms with E-state index >= 15 is 0 Å². The van der Waals surface area contributed by atoms with Gasteiger partial charge in [0.1, 0.15) is 0 Å². The third-order valence-electron chi connectivity index (χ3n) is 4.72. The SMILES string of the molecule is CCC1CCCCN1CCNC(=NC)NCc1cn2ccsc2n1.I. The Morgan fingerprint density at radius 1 is 1.40 bits per heavy atom. The lowest BCUT2D eigenvalue weighted by Gasteiger charge is -2.35. The highest BCUT2D eigenvalue weighted by atomic mass is 127. The molecule has 0 aromatic carbocycles. The van der Waals surface area contributed by atoms with Gasteiger partial charge in [-0.25, -0.2) is 4.98 Å². The van der Waals surface area contributed by atoms with Gasteiger partial charge in [0.15, 0.2) is 10.9 Å². The summed E-state index contributed by atoms with van der Waals surface area (Å²) in [5.74, 6) is 0.844. The molecule has 1 aliphatic heterocycles.